The van der Waals surface area contributed by atoms with Gasteiger partial charge in [0, 0.05) is 44.4 Å². The number of halogens is 6. The number of aliphatic hydroxyl groups is 1. The number of nitrogens with one attached hydrogen (secondary N) is 1. The van der Waals surface area contributed by atoms with Crippen molar-refractivity contribution < 1.29 is 54.1 Å². The molecule has 0 radical (unpaired) electrons. The fraction of sp³-hybridized carbons (Fsp3) is 0.400. The number of hydrogen-bond donors (Lipinski definition) is 2. The van der Waals surface area contributed by atoms with Crippen molar-refractivity contribution in [2.75, 3.05) is 26.2 Å². The number of nitrogens with zero attached hydrogens (tertiary/aromatic N) is 5. The SMILES string of the molecule is O=C(NCc1ccc(OC(F)(F)F)cc1)[C@H]1CN(C2=Nc3nc(C4(CO)CC4)ncc3C2)CCN1S(=O)(=O)c1ccc(OC(F)(F)F)cc1. The zero-order valence-electron chi connectivity index (χ0n) is 25.3. The summed E-state index contributed by atoms with van der Waals surface area (Å²) in [7, 11) is -4.44. The van der Waals surface area contributed by atoms with Crippen LogP contribution in [0.1, 0.15) is 29.8 Å². The molecule has 2 N–H and O–H groups in total. The quantitative estimate of drug-likeness (QED) is 0.318. The van der Waals surface area contributed by atoms with Gasteiger partial charge < -0.3 is 24.8 Å². The summed E-state index contributed by atoms with van der Waals surface area (Å²) in [4.78, 5) is 28.6. The minimum absolute atomic E-state index is 0.0981. The second kappa shape index (κ2) is 12.8. The average molecular weight is 715 g/mol. The van der Waals surface area contributed by atoms with Crippen LogP contribution in [0.5, 0.6) is 11.5 Å². The van der Waals surface area contributed by atoms with Gasteiger partial charge in [-0.2, -0.15) is 4.31 Å². The molecule has 3 aliphatic rings. The monoisotopic (exact) mass is 714 g/mol. The Morgan fingerprint density at radius 2 is 1.57 bits per heavy atom. The Kier molecular flexibility index (Phi) is 8.95. The number of aromatic nitrogens is 2. The molecule has 1 amide bonds. The first-order chi connectivity index (χ1) is 23.0. The molecular weight excluding hydrogens is 686 g/mol. The molecule has 19 heteroatoms. The van der Waals surface area contributed by atoms with Crippen LogP contribution in [0, 0.1) is 0 Å². The average Bonchev–Trinajstić information content (AvgIpc) is 3.73. The van der Waals surface area contributed by atoms with Crippen molar-refractivity contribution in [3.63, 3.8) is 0 Å². The van der Waals surface area contributed by atoms with Gasteiger partial charge in [0.2, 0.25) is 15.9 Å². The molecule has 1 saturated heterocycles. The number of piperazine rings is 1. The van der Waals surface area contributed by atoms with E-state index in [1.165, 1.54) is 12.1 Å². The summed E-state index contributed by atoms with van der Waals surface area (Å²) in [6.07, 6.45) is -6.45. The summed E-state index contributed by atoms with van der Waals surface area (Å²) in [5.41, 5.74) is 0.619. The highest BCUT2D eigenvalue weighted by Gasteiger charge is 2.47. The number of aliphatic hydroxyl groups excluding tert-OH is 1. The third-order valence-corrected chi connectivity index (χ3v) is 10.3. The molecule has 1 saturated carbocycles. The van der Waals surface area contributed by atoms with E-state index in [0.29, 0.717) is 35.0 Å². The van der Waals surface area contributed by atoms with Gasteiger partial charge in [0.25, 0.3) is 0 Å². The van der Waals surface area contributed by atoms with Crippen LogP contribution in [0.2, 0.25) is 0 Å². The predicted molar refractivity (Wildman–Crippen MR) is 158 cm³/mol. The highest BCUT2D eigenvalue weighted by atomic mass is 32.2. The maximum Gasteiger partial charge on any atom is 0.573 e. The van der Waals surface area contributed by atoms with Gasteiger partial charge in [-0.1, -0.05) is 12.1 Å². The second-order valence-corrected chi connectivity index (χ2v) is 13.6. The van der Waals surface area contributed by atoms with Gasteiger partial charge in [-0.25, -0.2) is 23.4 Å². The predicted octanol–water partition coefficient (Wildman–Crippen LogP) is 3.58. The lowest BCUT2D eigenvalue weighted by molar-refractivity contribution is -0.275. The molecule has 49 heavy (non-hydrogen) atoms. The van der Waals surface area contributed by atoms with E-state index in [9.17, 15) is 44.7 Å². The van der Waals surface area contributed by atoms with Crippen LogP contribution < -0.4 is 14.8 Å². The van der Waals surface area contributed by atoms with Crippen molar-refractivity contribution in [1.82, 2.24) is 24.5 Å². The Bertz CT molecular complexity index is 1850. The molecule has 3 heterocycles. The Balaban J connectivity index is 1.22. The van der Waals surface area contributed by atoms with Crippen LogP contribution in [-0.4, -0.2) is 89.4 Å². The van der Waals surface area contributed by atoms with E-state index in [1.54, 1.807) is 11.1 Å². The van der Waals surface area contributed by atoms with E-state index in [4.69, 9.17) is 0 Å². The normalized spacial score (nSPS) is 19.2. The Hall–Kier alpha value is -4.49. The molecule has 12 nitrogen and oxygen atoms in total. The van der Waals surface area contributed by atoms with Crippen molar-refractivity contribution >= 4 is 27.6 Å². The first kappa shape index (κ1) is 34.4. The third-order valence-electron chi connectivity index (χ3n) is 8.34. The van der Waals surface area contributed by atoms with Crippen LogP contribution in [-0.2, 0) is 33.2 Å². The molecule has 0 spiro atoms. The minimum Gasteiger partial charge on any atom is -0.406 e. The smallest absolute Gasteiger partial charge is 0.406 e. The molecular formula is C30H28F6N6O6S. The van der Waals surface area contributed by atoms with Crippen LogP contribution in [0.25, 0.3) is 0 Å². The van der Waals surface area contributed by atoms with Crippen molar-refractivity contribution in [3.8, 4) is 11.5 Å². The van der Waals surface area contributed by atoms with Crippen LogP contribution >= 0.6 is 0 Å². The van der Waals surface area contributed by atoms with Gasteiger partial charge in [0.1, 0.15) is 29.2 Å². The first-order valence-corrected chi connectivity index (χ1v) is 16.3. The third kappa shape index (κ3) is 7.73. The highest BCUT2D eigenvalue weighted by molar-refractivity contribution is 7.89. The number of carbonyl (C=O) groups is 1. The number of benzene rings is 2. The van der Waals surface area contributed by atoms with Crippen molar-refractivity contribution in [2.24, 2.45) is 4.99 Å². The lowest BCUT2D eigenvalue weighted by Gasteiger charge is -2.40. The molecule has 0 bridgehead atoms. The second-order valence-electron chi connectivity index (χ2n) is 11.7. The molecule has 2 aliphatic heterocycles. The summed E-state index contributed by atoms with van der Waals surface area (Å²) < 4.78 is 112. The summed E-state index contributed by atoms with van der Waals surface area (Å²) in [5.74, 6) is -0.426. The number of fused-ring (bicyclic) bond motifs is 1. The van der Waals surface area contributed by atoms with Crippen LogP contribution in [0.3, 0.4) is 0 Å². The van der Waals surface area contributed by atoms with E-state index in [0.717, 1.165) is 53.5 Å². The summed E-state index contributed by atoms with van der Waals surface area (Å²) >= 11 is 0. The molecule has 1 aromatic heterocycles. The number of sulfonamides is 1. The first-order valence-electron chi connectivity index (χ1n) is 14.9. The summed E-state index contributed by atoms with van der Waals surface area (Å²) in [6, 6.07) is 6.96. The largest absolute Gasteiger partial charge is 0.573 e. The number of hydrogen-bond acceptors (Lipinski definition) is 10. The van der Waals surface area contributed by atoms with Gasteiger partial charge >= 0.3 is 12.7 Å². The maximum absolute atomic E-state index is 13.8. The number of aliphatic imine (C=N–C) groups is 1. The molecule has 262 valence electrons. The van der Waals surface area contributed by atoms with Gasteiger partial charge in [-0.3, -0.25) is 4.79 Å². The summed E-state index contributed by atoms with van der Waals surface area (Å²) in [6.45, 7) is -0.529. The van der Waals surface area contributed by atoms with Crippen LogP contribution in [0.4, 0.5) is 32.2 Å². The number of rotatable bonds is 9. The van der Waals surface area contributed by atoms with Gasteiger partial charge in [-0.15, -0.1) is 26.3 Å². The summed E-state index contributed by atoms with van der Waals surface area (Å²) in [5, 5.41) is 12.4. The zero-order chi connectivity index (χ0) is 35.2. The number of ether oxygens (including phenoxy) is 2. The number of alkyl halides is 6. The fourth-order valence-electron chi connectivity index (χ4n) is 5.56. The molecule has 0 unspecified atom stereocenters. The van der Waals surface area contributed by atoms with E-state index in [1.807, 2.05) is 0 Å². The molecule has 6 rings (SSSR count). The van der Waals surface area contributed by atoms with Crippen molar-refractivity contribution in [1.29, 1.82) is 0 Å². The van der Waals surface area contributed by atoms with Gasteiger partial charge in [0.05, 0.1) is 16.9 Å². The molecule has 3 aromatic rings. The van der Waals surface area contributed by atoms with Crippen LogP contribution in [0.15, 0.2) is 64.6 Å². The molecule has 2 fully saturated rings. The van der Waals surface area contributed by atoms with E-state index >= 15 is 0 Å². The molecule has 2 aromatic carbocycles. The molecule has 1 atom stereocenters. The van der Waals surface area contributed by atoms with Gasteiger partial charge in [-0.05, 0) is 54.8 Å². The lowest BCUT2D eigenvalue weighted by atomic mass is 10.1. The minimum atomic E-state index is -4.99. The zero-order valence-corrected chi connectivity index (χ0v) is 26.1. The Morgan fingerprint density at radius 1 is 0.959 bits per heavy atom. The van der Waals surface area contributed by atoms with Crippen molar-refractivity contribution in [3.05, 3.63) is 71.7 Å². The highest BCUT2D eigenvalue weighted by Crippen LogP contribution is 2.46. The Morgan fingerprint density at radius 3 is 2.14 bits per heavy atom. The number of carbonyl (C=O) groups excluding carboxylic acids is 1. The van der Waals surface area contributed by atoms with E-state index in [-0.39, 0.29) is 37.7 Å². The standard InChI is InChI=1S/C30H28F6N6O6S/c31-29(32,33)47-20-3-1-18(2-4-20)14-37-26(44)23-16-41(24-13-19-15-38-27(40-25(19)39-24)28(17-43)9-10-28)11-12-42(23)49(45,46)22-7-5-21(6-8-22)48-30(34,35)36/h1-8,15,23,43H,9-14,16-17H2,(H,37,44)/t23-/m1/s1. The lowest BCUT2D eigenvalue weighted by Crippen LogP contribution is -2.61. The number of amides is 1. The Labute approximate surface area is 275 Å². The molecule has 1 aliphatic carbocycles. The topological polar surface area (TPSA) is 147 Å². The van der Waals surface area contributed by atoms with Gasteiger partial charge in [0.15, 0.2) is 5.82 Å². The maximum atomic E-state index is 13.8. The number of amidine groups is 1. The van der Waals surface area contributed by atoms with E-state index in [2.05, 4.69) is 29.8 Å². The van der Waals surface area contributed by atoms with Crippen molar-refractivity contribution in [2.45, 2.75) is 54.9 Å². The fourth-order valence-corrected chi connectivity index (χ4v) is 7.13. The van der Waals surface area contributed by atoms with E-state index < -0.39 is 51.6 Å².